The third-order valence-electron chi connectivity index (χ3n) is 5.41. The number of thiophene rings is 1. The summed E-state index contributed by atoms with van der Waals surface area (Å²) in [5.74, 6) is 0.219. The molecule has 1 N–H and O–H groups in total. The van der Waals surface area contributed by atoms with E-state index in [9.17, 15) is 4.79 Å². The van der Waals surface area contributed by atoms with Crippen molar-refractivity contribution in [2.24, 2.45) is 0 Å². The van der Waals surface area contributed by atoms with E-state index in [0.717, 1.165) is 19.3 Å². The van der Waals surface area contributed by atoms with E-state index in [4.69, 9.17) is 0 Å². The van der Waals surface area contributed by atoms with E-state index in [-0.39, 0.29) is 11.3 Å². The normalized spacial score (nSPS) is 27.0. The molecule has 1 amide bonds. The Morgan fingerprint density at radius 1 is 1.27 bits per heavy atom. The van der Waals surface area contributed by atoms with E-state index in [1.165, 1.54) is 27.1 Å². The van der Waals surface area contributed by atoms with Crippen molar-refractivity contribution in [3.05, 3.63) is 46.3 Å². The van der Waals surface area contributed by atoms with Crippen molar-refractivity contribution in [1.82, 2.24) is 5.32 Å². The molecule has 1 aromatic carbocycles. The Hall–Kier alpha value is -1.61. The molecule has 1 fully saturated rings. The summed E-state index contributed by atoms with van der Waals surface area (Å²) in [5, 5.41) is 5.42. The first-order chi connectivity index (χ1) is 10.6. The number of rotatable bonds is 1. The quantitative estimate of drug-likeness (QED) is 0.840. The van der Waals surface area contributed by atoms with Crippen LogP contribution in [-0.4, -0.2) is 11.9 Å². The van der Waals surface area contributed by atoms with Gasteiger partial charge in [0.15, 0.2) is 0 Å². The van der Waals surface area contributed by atoms with Crippen LogP contribution in [0.3, 0.4) is 0 Å². The lowest BCUT2D eigenvalue weighted by molar-refractivity contribution is -0.125. The molecule has 0 spiro atoms. The van der Waals surface area contributed by atoms with Crippen molar-refractivity contribution in [3.63, 3.8) is 0 Å². The van der Waals surface area contributed by atoms with Gasteiger partial charge >= 0.3 is 0 Å². The molecule has 0 bridgehead atoms. The fraction of sp³-hybridized carbons (Fsp3) is 0.421. The van der Waals surface area contributed by atoms with E-state index in [0.29, 0.717) is 12.5 Å². The van der Waals surface area contributed by atoms with Crippen LogP contribution in [-0.2, 0) is 16.6 Å². The largest absolute Gasteiger partial charge is 0.352 e. The smallest absolute Gasteiger partial charge is 0.220 e. The summed E-state index contributed by atoms with van der Waals surface area (Å²) in [4.78, 5) is 13.1. The Morgan fingerprint density at radius 3 is 2.91 bits per heavy atom. The average molecular weight is 311 g/mol. The molecule has 0 saturated carbocycles. The summed E-state index contributed by atoms with van der Waals surface area (Å²) in [6.07, 6.45) is 3.74. The summed E-state index contributed by atoms with van der Waals surface area (Å²) < 4.78 is 0. The molecule has 1 aliphatic heterocycles. The maximum absolute atomic E-state index is 11.7. The topological polar surface area (TPSA) is 29.1 Å². The highest BCUT2D eigenvalue weighted by Crippen LogP contribution is 2.44. The zero-order chi connectivity index (χ0) is 15.3. The molecule has 2 aromatic rings. The number of piperidine rings is 1. The molecule has 2 heterocycles. The highest BCUT2D eigenvalue weighted by Gasteiger charge is 2.43. The Morgan fingerprint density at radius 2 is 2.14 bits per heavy atom. The predicted molar refractivity (Wildman–Crippen MR) is 91.3 cm³/mol. The number of carbonyl (C=O) groups is 1. The number of carbonyl (C=O) groups excluding carboxylic acids is 1. The van der Waals surface area contributed by atoms with Gasteiger partial charge in [0, 0.05) is 22.8 Å². The molecule has 22 heavy (non-hydrogen) atoms. The molecule has 2 atom stereocenters. The molecule has 2 aliphatic rings. The van der Waals surface area contributed by atoms with Gasteiger partial charge in [-0.15, -0.1) is 11.3 Å². The van der Waals surface area contributed by atoms with Gasteiger partial charge in [-0.2, -0.15) is 0 Å². The molecular formula is C19H21NOS. The lowest BCUT2D eigenvalue weighted by atomic mass is 9.64. The van der Waals surface area contributed by atoms with Crippen LogP contribution in [0.4, 0.5) is 0 Å². The Kier molecular flexibility index (Phi) is 3.15. The van der Waals surface area contributed by atoms with Crippen molar-refractivity contribution in [2.45, 2.75) is 51.0 Å². The molecule has 4 rings (SSSR count). The molecule has 0 radical (unpaired) electrons. The first-order valence-electron chi connectivity index (χ1n) is 8.04. The first kappa shape index (κ1) is 14.0. The summed E-state index contributed by atoms with van der Waals surface area (Å²) in [6.45, 7) is 4.47. The maximum Gasteiger partial charge on any atom is 0.220 e. The van der Waals surface area contributed by atoms with Crippen LogP contribution >= 0.6 is 11.3 Å². The number of nitrogens with one attached hydrogen (secondary N) is 1. The van der Waals surface area contributed by atoms with Crippen molar-refractivity contribution < 1.29 is 4.79 Å². The van der Waals surface area contributed by atoms with Gasteiger partial charge in [-0.05, 0) is 59.9 Å². The van der Waals surface area contributed by atoms with Crippen molar-refractivity contribution in [1.29, 1.82) is 0 Å². The lowest BCUT2D eigenvalue weighted by Gasteiger charge is -2.46. The minimum absolute atomic E-state index is 0.103. The molecule has 0 unspecified atom stereocenters. The van der Waals surface area contributed by atoms with Crippen LogP contribution in [0, 0.1) is 6.92 Å². The van der Waals surface area contributed by atoms with E-state index >= 15 is 0 Å². The van der Waals surface area contributed by atoms with E-state index in [2.05, 4.69) is 48.8 Å². The second kappa shape index (κ2) is 4.95. The summed E-state index contributed by atoms with van der Waals surface area (Å²) in [5.41, 5.74) is 5.68. The zero-order valence-electron chi connectivity index (χ0n) is 13.1. The number of hydrogen-bond acceptors (Lipinski definition) is 2. The average Bonchev–Trinajstić information content (AvgIpc) is 2.94. The van der Waals surface area contributed by atoms with Crippen LogP contribution in [0.15, 0.2) is 29.6 Å². The highest BCUT2D eigenvalue weighted by atomic mass is 32.1. The van der Waals surface area contributed by atoms with Gasteiger partial charge in [0.1, 0.15) is 0 Å². The van der Waals surface area contributed by atoms with E-state index < -0.39 is 0 Å². The Balaban J connectivity index is 1.75. The first-order valence-corrected chi connectivity index (χ1v) is 8.92. The second-order valence-corrected chi connectivity index (χ2v) is 7.85. The SMILES string of the molecule is Cc1csc(-c2ccc3c(c2)CC[C@H]2NC(=O)CC[C@]32C)c1. The lowest BCUT2D eigenvalue weighted by Crippen LogP contribution is -2.55. The molecule has 1 aliphatic carbocycles. The highest BCUT2D eigenvalue weighted by molar-refractivity contribution is 7.13. The van der Waals surface area contributed by atoms with Crippen LogP contribution in [0.25, 0.3) is 10.4 Å². The number of benzene rings is 1. The van der Waals surface area contributed by atoms with Gasteiger partial charge in [0.2, 0.25) is 5.91 Å². The van der Waals surface area contributed by atoms with Gasteiger partial charge in [0.05, 0.1) is 0 Å². The number of hydrogen-bond donors (Lipinski definition) is 1. The fourth-order valence-corrected chi connectivity index (χ4v) is 4.98. The molecular weight excluding hydrogens is 290 g/mol. The molecule has 114 valence electrons. The van der Waals surface area contributed by atoms with Gasteiger partial charge in [-0.25, -0.2) is 0 Å². The van der Waals surface area contributed by atoms with Gasteiger partial charge < -0.3 is 5.32 Å². The Labute approximate surface area is 135 Å². The van der Waals surface area contributed by atoms with Gasteiger partial charge in [0.25, 0.3) is 0 Å². The molecule has 1 aromatic heterocycles. The van der Waals surface area contributed by atoms with Gasteiger partial charge in [-0.1, -0.05) is 25.1 Å². The summed E-state index contributed by atoms with van der Waals surface area (Å²) >= 11 is 1.82. The maximum atomic E-state index is 11.7. The number of amides is 1. The Bertz CT molecular complexity index is 748. The van der Waals surface area contributed by atoms with Gasteiger partial charge in [-0.3, -0.25) is 4.79 Å². The minimum Gasteiger partial charge on any atom is -0.352 e. The summed E-state index contributed by atoms with van der Waals surface area (Å²) in [6, 6.07) is 9.51. The molecule has 3 heteroatoms. The third kappa shape index (κ3) is 2.11. The summed E-state index contributed by atoms with van der Waals surface area (Å²) in [7, 11) is 0. The van der Waals surface area contributed by atoms with Crippen molar-refractivity contribution in [3.8, 4) is 10.4 Å². The van der Waals surface area contributed by atoms with Crippen LogP contribution in [0.1, 0.15) is 42.9 Å². The minimum atomic E-state index is 0.103. The van der Waals surface area contributed by atoms with Crippen molar-refractivity contribution in [2.75, 3.05) is 0 Å². The fourth-order valence-electron chi connectivity index (χ4n) is 4.08. The molecule has 1 saturated heterocycles. The van der Waals surface area contributed by atoms with Crippen LogP contribution in [0.2, 0.25) is 0 Å². The van der Waals surface area contributed by atoms with E-state index in [1.807, 2.05) is 11.3 Å². The van der Waals surface area contributed by atoms with E-state index in [1.54, 1.807) is 0 Å². The second-order valence-electron chi connectivity index (χ2n) is 6.94. The van der Waals surface area contributed by atoms with Crippen LogP contribution in [0.5, 0.6) is 0 Å². The third-order valence-corrected chi connectivity index (χ3v) is 6.51. The molecule has 2 nitrogen and oxygen atoms in total. The standard InChI is InChI=1S/C19H21NOS/c1-12-9-16(22-11-12)14-3-5-15-13(10-14)4-6-17-19(15,2)8-7-18(21)20-17/h3,5,9-11,17H,4,6-8H2,1-2H3,(H,20,21)/t17-,19-/m1/s1. The van der Waals surface area contributed by atoms with Crippen LogP contribution < -0.4 is 5.32 Å². The predicted octanol–water partition coefficient (Wildman–Crippen LogP) is 4.21. The number of fused-ring (bicyclic) bond motifs is 3. The monoisotopic (exact) mass is 311 g/mol. The zero-order valence-corrected chi connectivity index (χ0v) is 13.9. The number of aryl methyl sites for hydroxylation is 2. The van der Waals surface area contributed by atoms with Crippen molar-refractivity contribution >= 4 is 17.2 Å².